The molecule has 1 fully saturated rings. The highest BCUT2D eigenvalue weighted by Crippen LogP contribution is 2.26. The molecule has 1 nitrogen and oxygen atoms in total. The lowest BCUT2D eigenvalue weighted by Gasteiger charge is -2.22. The van der Waals surface area contributed by atoms with Gasteiger partial charge >= 0.3 is 0 Å². The summed E-state index contributed by atoms with van der Waals surface area (Å²) in [5.41, 5.74) is 0. The van der Waals surface area contributed by atoms with E-state index in [1.165, 1.54) is 30.1 Å². The fourth-order valence-corrected chi connectivity index (χ4v) is 3.82. The highest BCUT2D eigenvalue weighted by molar-refractivity contribution is 8.00. The summed E-state index contributed by atoms with van der Waals surface area (Å²) in [6.45, 7) is 6.91. The average Bonchev–Trinajstić information content (AvgIpc) is 2.52. The Labute approximate surface area is 97.2 Å². The van der Waals surface area contributed by atoms with Gasteiger partial charge in [0.1, 0.15) is 0 Å². The second-order valence-electron chi connectivity index (χ2n) is 4.02. The Hall–Kier alpha value is 0.660. The summed E-state index contributed by atoms with van der Waals surface area (Å²) in [6.07, 6.45) is 2.67. The molecule has 1 rings (SSSR count). The topological polar surface area (TPSA) is 12.0 Å². The van der Waals surface area contributed by atoms with Crippen LogP contribution in [0.1, 0.15) is 33.6 Å². The second kappa shape index (κ2) is 7.02. The zero-order valence-corrected chi connectivity index (χ0v) is 11.2. The standard InChI is InChI=1S/C11H23NS2/c1-4-13-7-5-9(2)12-11-6-8-14-10(11)3/h9-12H,4-8H2,1-3H3. The molecule has 0 saturated carbocycles. The fourth-order valence-electron chi connectivity index (χ4n) is 1.80. The van der Waals surface area contributed by atoms with Crippen LogP contribution in [-0.2, 0) is 0 Å². The Balaban J connectivity index is 2.09. The SMILES string of the molecule is CCSCCC(C)NC1CCSC1C. The van der Waals surface area contributed by atoms with Crippen LogP contribution in [0, 0.1) is 0 Å². The van der Waals surface area contributed by atoms with Gasteiger partial charge in [-0.3, -0.25) is 0 Å². The van der Waals surface area contributed by atoms with Crippen LogP contribution in [0.2, 0.25) is 0 Å². The van der Waals surface area contributed by atoms with Gasteiger partial charge in [0.15, 0.2) is 0 Å². The van der Waals surface area contributed by atoms with Crippen LogP contribution < -0.4 is 5.32 Å². The van der Waals surface area contributed by atoms with Crippen molar-refractivity contribution in [3.05, 3.63) is 0 Å². The van der Waals surface area contributed by atoms with E-state index in [1.54, 1.807) is 0 Å². The largest absolute Gasteiger partial charge is 0.310 e. The maximum Gasteiger partial charge on any atom is 0.0194 e. The summed E-state index contributed by atoms with van der Waals surface area (Å²) < 4.78 is 0. The van der Waals surface area contributed by atoms with E-state index in [2.05, 4.69) is 37.8 Å². The monoisotopic (exact) mass is 233 g/mol. The quantitative estimate of drug-likeness (QED) is 0.708. The molecule has 0 amide bonds. The van der Waals surface area contributed by atoms with E-state index in [0.717, 1.165) is 11.3 Å². The predicted octanol–water partition coefficient (Wildman–Crippen LogP) is 3.00. The number of hydrogen-bond acceptors (Lipinski definition) is 3. The Morgan fingerprint density at radius 3 is 2.93 bits per heavy atom. The van der Waals surface area contributed by atoms with E-state index in [4.69, 9.17) is 0 Å². The summed E-state index contributed by atoms with van der Waals surface area (Å²) in [6, 6.07) is 1.46. The van der Waals surface area contributed by atoms with E-state index in [-0.39, 0.29) is 0 Å². The maximum atomic E-state index is 3.75. The van der Waals surface area contributed by atoms with Crippen molar-refractivity contribution in [1.29, 1.82) is 0 Å². The summed E-state index contributed by atoms with van der Waals surface area (Å²) in [5.74, 6) is 3.90. The summed E-state index contributed by atoms with van der Waals surface area (Å²) in [5, 5.41) is 4.57. The van der Waals surface area contributed by atoms with Crippen molar-refractivity contribution in [2.75, 3.05) is 17.3 Å². The van der Waals surface area contributed by atoms with Crippen LogP contribution in [0.5, 0.6) is 0 Å². The summed E-state index contributed by atoms with van der Waals surface area (Å²) in [4.78, 5) is 0. The lowest BCUT2D eigenvalue weighted by atomic mass is 10.1. The van der Waals surface area contributed by atoms with Gasteiger partial charge < -0.3 is 5.32 Å². The van der Waals surface area contributed by atoms with E-state index in [1.807, 2.05) is 11.8 Å². The normalized spacial score (nSPS) is 29.4. The lowest BCUT2D eigenvalue weighted by Crippen LogP contribution is -2.39. The molecule has 0 bridgehead atoms. The summed E-state index contributed by atoms with van der Waals surface area (Å²) in [7, 11) is 0. The van der Waals surface area contributed by atoms with E-state index in [9.17, 15) is 0 Å². The van der Waals surface area contributed by atoms with Gasteiger partial charge in [0.05, 0.1) is 0 Å². The van der Waals surface area contributed by atoms with Gasteiger partial charge in [-0.15, -0.1) is 0 Å². The predicted molar refractivity (Wildman–Crippen MR) is 70.5 cm³/mol. The first-order chi connectivity index (χ1) is 6.74. The second-order valence-corrected chi connectivity index (χ2v) is 6.90. The molecule has 1 saturated heterocycles. The molecule has 1 aliphatic rings. The molecule has 1 N–H and O–H groups in total. The molecule has 0 radical (unpaired) electrons. The minimum Gasteiger partial charge on any atom is -0.310 e. The molecule has 3 unspecified atom stereocenters. The average molecular weight is 233 g/mol. The first kappa shape index (κ1) is 12.7. The number of thioether (sulfide) groups is 2. The molecule has 84 valence electrons. The third kappa shape index (κ3) is 4.45. The lowest BCUT2D eigenvalue weighted by molar-refractivity contribution is 0.437. The van der Waals surface area contributed by atoms with Crippen LogP contribution in [0.4, 0.5) is 0 Å². The smallest absolute Gasteiger partial charge is 0.0194 e. The van der Waals surface area contributed by atoms with Crippen molar-refractivity contribution in [3.8, 4) is 0 Å². The van der Waals surface area contributed by atoms with Crippen molar-refractivity contribution in [3.63, 3.8) is 0 Å². The molecule has 0 aliphatic carbocycles. The molecule has 1 heterocycles. The van der Waals surface area contributed by atoms with Gasteiger partial charge in [0.2, 0.25) is 0 Å². The van der Waals surface area contributed by atoms with Crippen molar-refractivity contribution in [1.82, 2.24) is 5.32 Å². The highest BCUT2D eigenvalue weighted by atomic mass is 32.2. The number of nitrogens with one attached hydrogen (secondary N) is 1. The van der Waals surface area contributed by atoms with Gasteiger partial charge in [-0.2, -0.15) is 23.5 Å². The van der Waals surface area contributed by atoms with Crippen LogP contribution >= 0.6 is 23.5 Å². The molecule has 1 aliphatic heterocycles. The maximum absolute atomic E-state index is 3.75. The molecule has 3 heteroatoms. The van der Waals surface area contributed by atoms with Crippen LogP contribution in [-0.4, -0.2) is 34.6 Å². The molecule has 3 atom stereocenters. The van der Waals surface area contributed by atoms with Crippen molar-refractivity contribution in [2.24, 2.45) is 0 Å². The number of rotatable bonds is 6. The van der Waals surface area contributed by atoms with Crippen LogP contribution in [0.3, 0.4) is 0 Å². The van der Waals surface area contributed by atoms with Crippen LogP contribution in [0.25, 0.3) is 0 Å². The Bertz CT molecular complexity index is 152. The minimum atomic E-state index is 0.695. The van der Waals surface area contributed by atoms with Crippen LogP contribution in [0.15, 0.2) is 0 Å². The molecule has 0 aromatic rings. The van der Waals surface area contributed by atoms with Gasteiger partial charge in [0, 0.05) is 17.3 Å². The van der Waals surface area contributed by atoms with Gasteiger partial charge in [-0.1, -0.05) is 13.8 Å². The van der Waals surface area contributed by atoms with Gasteiger partial charge in [0.25, 0.3) is 0 Å². The molecule has 0 aromatic carbocycles. The zero-order chi connectivity index (χ0) is 10.4. The van der Waals surface area contributed by atoms with Crippen molar-refractivity contribution < 1.29 is 0 Å². The van der Waals surface area contributed by atoms with Gasteiger partial charge in [-0.05, 0) is 37.0 Å². The Morgan fingerprint density at radius 1 is 1.57 bits per heavy atom. The molecule has 14 heavy (non-hydrogen) atoms. The zero-order valence-electron chi connectivity index (χ0n) is 9.58. The van der Waals surface area contributed by atoms with Crippen molar-refractivity contribution >= 4 is 23.5 Å². The fraction of sp³-hybridized carbons (Fsp3) is 1.00. The molecule has 0 aromatic heterocycles. The third-order valence-corrected chi connectivity index (χ3v) is 5.03. The summed E-state index contributed by atoms with van der Waals surface area (Å²) >= 11 is 4.16. The first-order valence-electron chi connectivity index (χ1n) is 5.69. The molecule has 0 spiro atoms. The molecular formula is C11H23NS2. The Morgan fingerprint density at radius 2 is 2.36 bits per heavy atom. The van der Waals surface area contributed by atoms with E-state index < -0.39 is 0 Å². The van der Waals surface area contributed by atoms with Crippen molar-refractivity contribution in [2.45, 2.75) is 50.9 Å². The highest BCUT2D eigenvalue weighted by Gasteiger charge is 2.24. The van der Waals surface area contributed by atoms with Gasteiger partial charge in [-0.25, -0.2) is 0 Å². The first-order valence-corrected chi connectivity index (χ1v) is 7.89. The van der Waals surface area contributed by atoms with E-state index in [0.29, 0.717) is 6.04 Å². The molecular weight excluding hydrogens is 210 g/mol. The minimum absolute atomic E-state index is 0.695. The Kier molecular flexibility index (Phi) is 6.38. The number of hydrogen-bond donors (Lipinski definition) is 1. The third-order valence-electron chi connectivity index (χ3n) is 2.77. The van der Waals surface area contributed by atoms with E-state index >= 15 is 0 Å².